The third-order valence-electron chi connectivity index (χ3n) is 4.12. The fourth-order valence-electron chi connectivity index (χ4n) is 2.92. The molecule has 0 aromatic heterocycles. The van der Waals surface area contributed by atoms with Crippen LogP contribution in [0.2, 0.25) is 0 Å². The van der Waals surface area contributed by atoms with Gasteiger partial charge in [0.05, 0.1) is 30.2 Å². The number of benzene rings is 1. The fourth-order valence-corrected chi connectivity index (χ4v) is 4.68. The summed E-state index contributed by atoms with van der Waals surface area (Å²) < 4.78 is 36.8. The van der Waals surface area contributed by atoms with Crippen molar-refractivity contribution in [3.63, 3.8) is 0 Å². The fraction of sp³-hybridized carbons (Fsp3) is 0.500. The number of esters is 2. The highest BCUT2D eigenvalue weighted by atomic mass is 35.5. The van der Waals surface area contributed by atoms with Gasteiger partial charge < -0.3 is 14.8 Å². The highest BCUT2D eigenvalue weighted by Gasteiger charge is 2.35. The number of nitrogens with one attached hydrogen (secondary N) is 1. The van der Waals surface area contributed by atoms with Gasteiger partial charge >= 0.3 is 11.9 Å². The molecule has 0 spiro atoms. The van der Waals surface area contributed by atoms with Gasteiger partial charge in [-0.1, -0.05) is 0 Å². The van der Waals surface area contributed by atoms with Gasteiger partial charge in [0.1, 0.15) is 0 Å². The first-order valence-corrected chi connectivity index (χ1v) is 9.27. The van der Waals surface area contributed by atoms with Crippen LogP contribution in [-0.2, 0) is 19.5 Å². The quantitative estimate of drug-likeness (QED) is 0.704. The summed E-state index contributed by atoms with van der Waals surface area (Å²) in [4.78, 5) is 23.6. The summed E-state index contributed by atoms with van der Waals surface area (Å²) in [5, 5.41) is 2.99. The third kappa shape index (κ3) is 4.53. The van der Waals surface area contributed by atoms with E-state index in [2.05, 4.69) is 14.8 Å². The van der Waals surface area contributed by atoms with Crippen LogP contribution in [0.1, 0.15) is 33.6 Å². The van der Waals surface area contributed by atoms with Crippen LogP contribution in [-0.4, -0.2) is 65.1 Å². The number of sulfonamides is 1. The van der Waals surface area contributed by atoms with Gasteiger partial charge in [-0.15, -0.1) is 12.4 Å². The molecule has 1 aromatic carbocycles. The Hall–Kier alpha value is -1.68. The van der Waals surface area contributed by atoms with Gasteiger partial charge in [-0.2, -0.15) is 4.31 Å². The second kappa shape index (κ2) is 9.31. The molecular formula is C16H23ClN2O6S. The smallest absolute Gasteiger partial charge is 0.337 e. The highest BCUT2D eigenvalue weighted by Crippen LogP contribution is 2.27. The SMILES string of the molecule is CNCC1CCCN1S(=O)(=O)c1cc(C(=O)OC)cc(C(=O)OC)c1.Cl. The third-order valence-corrected chi connectivity index (χ3v) is 6.05. The van der Waals surface area contributed by atoms with Crippen LogP contribution in [0.5, 0.6) is 0 Å². The molecule has 1 fully saturated rings. The van der Waals surface area contributed by atoms with Gasteiger partial charge in [0.15, 0.2) is 0 Å². The van der Waals surface area contributed by atoms with Crippen molar-refractivity contribution < 1.29 is 27.5 Å². The summed E-state index contributed by atoms with van der Waals surface area (Å²) in [6, 6.07) is 3.54. The molecule has 1 heterocycles. The summed E-state index contributed by atoms with van der Waals surface area (Å²) in [7, 11) is 0.270. The lowest BCUT2D eigenvalue weighted by molar-refractivity contribution is 0.0598. The van der Waals surface area contributed by atoms with E-state index in [1.165, 1.54) is 36.7 Å². The van der Waals surface area contributed by atoms with E-state index in [9.17, 15) is 18.0 Å². The number of rotatable bonds is 6. The Morgan fingerprint density at radius 1 is 1.15 bits per heavy atom. The van der Waals surface area contributed by atoms with Crippen molar-refractivity contribution in [1.82, 2.24) is 9.62 Å². The normalized spacial score (nSPS) is 17.4. The lowest BCUT2D eigenvalue weighted by Crippen LogP contribution is -2.40. The van der Waals surface area contributed by atoms with Crippen molar-refractivity contribution in [2.45, 2.75) is 23.8 Å². The molecule has 10 heteroatoms. The molecule has 0 amide bonds. The summed E-state index contributed by atoms with van der Waals surface area (Å²) in [5.41, 5.74) is -0.0401. The molecule has 8 nitrogen and oxygen atoms in total. The molecule has 1 N–H and O–H groups in total. The average molecular weight is 407 g/mol. The molecule has 1 aliphatic heterocycles. The van der Waals surface area contributed by atoms with Gasteiger partial charge in [-0.05, 0) is 38.1 Å². The van der Waals surface area contributed by atoms with E-state index in [1.54, 1.807) is 7.05 Å². The minimum Gasteiger partial charge on any atom is -0.465 e. The van der Waals surface area contributed by atoms with Crippen molar-refractivity contribution in [2.24, 2.45) is 0 Å². The Morgan fingerprint density at radius 2 is 1.69 bits per heavy atom. The molecule has 2 rings (SSSR count). The van der Waals surface area contributed by atoms with Gasteiger partial charge in [0, 0.05) is 19.1 Å². The molecule has 0 radical (unpaired) electrons. The first-order valence-electron chi connectivity index (χ1n) is 7.83. The van der Waals surface area contributed by atoms with Crippen LogP contribution in [0.4, 0.5) is 0 Å². The van der Waals surface area contributed by atoms with E-state index in [1.807, 2.05) is 0 Å². The van der Waals surface area contributed by atoms with Gasteiger partial charge in [-0.25, -0.2) is 18.0 Å². The number of methoxy groups -OCH3 is 2. The maximum absolute atomic E-state index is 13.0. The maximum atomic E-state index is 13.0. The van der Waals surface area contributed by atoms with E-state index in [4.69, 9.17) is 0 Å². The van der Waals surface area contributed by atoms with E-state index >= 15 is 0 Å². The van der Waals surface area contributed by atoms with Crippen molar-refractivity contribution in [2.75, 3.05) is 34.4 Å². The van der Waals surface area contributed by atoms with E-state index in [0.717, 1.165) is 12.8 Å². The Morgan fingerprint density at radius 3 is 2.15 bits per heavy atom. The standard InChI is InChI=1S/C16H22N2O6S.ClH/c1-17-10-13-5-4-6-18(13)25(21,22)14-8-11(15(19)23-2)7-12(9-14)16(20)24-3;/h7-9,13,17H,4-6,10H2,1-3H3;1H. The van der Waals surface area contributed by atoms with Crippen LogP contribution in [0.25, 0.3) is 0 Å². The number of carbonyl (C=O) groups is 2. The summed E-state index contributed by atoms with van der Waals surface area (Å²) in [5.74, 6) is -1.45. The topological polar surface area (TPSA) is 102 Å². The number of likely N-dealkylation sites (N-methyl/N-ethyl adjacent to an activating group) is 1. The molecule has 26 heavy (non-hydrogen) atoms. The Balaban J connectivity index is 0.00000338. The predicted molar refractivity (Wildman–Crippen MR) is 97.2 cm³/mol. The second-order valence-electron chi connectivity index (χ2n) is 5.70. The number of ether oxygens (including phenoxy) is 2. The minimum atomic E-state index is -3.86. The Kier molecular flexibility index (Phi) is 8.01. The monoisotopic (exact) mass is 406 g/mol. The molecule has 1 saturated heterocycles. The average Bonchev–Trinajstić information content (AvgIpc) is 3.09. The molecule has 1 atom stereocenters. The number of hydrogen-bond donors (Lipinski definition) is 1. The zero-order valence-electron chi connectivity index (χ0n) is 14.9. The van der Waals surface area contributed by atoms with Crippen LogP contribution in [0.3, 0.4) is 0 Å². The van der Waals surface area contributed by atoms with Gasteiger partial charge in [0.25, 0.3) is 0 Å². The van der Waals surface area contributed by atoms with Gasteiger partial charge in [-0.3, -0.25) is 0 Å². The van der Waals surface area contributed by atoms with Crippen molar-refractivity contribution in [3.8, 4) is 0 Å². The van der Waals surface area contributed by atoms with Crippen LogP contribution < -0.4 is 5.32 Å². The highest BCUT2D eigenvalue weighted by molar-refractivity contribution is 7.89. The van der Waals surface area contributed by atoms with Crippen LogP contribution in [0, 0.1) is 0 Å². The first-order chi connectivity index (χ1) is 11.8. The molecule has 0 bridgehead atoms. The lowest BCUT2D eigenvalue weighted by atomic mass is 10.1. The van der Waals surface area contributed by atoms with Crippen molar-refractivity contribution >= 4 is 34.4 Å². The number of hydrogen-bond acceptors (Lipinski definition) is 7. The maximum Gasteiger partial charge on any atom is 0.337 e. The number of carbonyl (C=O) groups excluding carboxylic acids is 2. The minimum absolute atomic E-state index is 0. The molecule has 146 valence electrons. The second-order valence-corrected chi connectivity index (χ2v) is 7.59. The largest absolute Gasteiger partial charge is 0.465 e. The van der Waals surface area contributed by atoms with Crippen LogP contribution in [0.15, 0.2) is 23.1 Å². The van der Waals surface area contributed by atoms with Crippen molar-refractivity contribution in [1.29, 1.82) is 0 Å². The molecule has 0 saturated carbocycles. The van der Waals surface area contributed by atoms with Gasteiger partial charge in [0.2, 0.25) is 10.0 Å². The lowest BCUT2D eigenvalue weighted by Gasteiger charge is -2.24. The molecule has 1 unspecified atom stereocenters. The van der Waals surface area contributed by atoms with E-state index in [0.29, 0.717) is 13.1 Å². The molecule has 0 aliphatic carbocycles. The Bertz CT molecular complexity index is 734. The van der Waals surface area contributed by atoms with Crippen LogP contribution >= 0.6 is 12.4 Å². The van der Waals surface area contributed by atoms with E-state index in [-0.39, 0.29) is 34.5 Å². The zero-order valence-corrected chi connectivity index (χ0v) is 16.5. The summed E-state index contributed by atoms with van der Waals surface area (Å²) >= 11 is 0. The predicted octanol–water partition coefficient (Wildman–Crippen LogP) is 1.05. The van der Waals surface area contributed by atoms with E-state index < -0.39 is 22.0 Å². The number of halogens is 1. The molecule has 1 aromatic rings. The molecule has 1 aliphatic rings. The Labute approximate surface area is 159 Å². The first kappa shape index (κ1) is 22.4. The molecular weight excluding hydrogens is 384 g/mol. The zero-order chi connectivity index (χ0) is 18.6. The van der Waals surface area contributed by atoms with Crippen molar-refractivity contribution in [3.05, 3.63) is 29.3 Å². The summed E-state index contributed by atoms with van der Waals surface area (Å²) in [6.45, 7) is 0.921. The number of nitrogens with zero attached hydrogens (tertiary/aromatic N) is 1. The summed E-state index contributed by atoms with van der Waals surface area (Å²) in [6.07, 6.45) is 1.51.